The first-order valence-electron chi connectivity index (χ1n) is 9.42. The van der Waals surface area contributed by atoms with Gasteiger partial charge in [-0.05, 0) is 26.8 Å². The summed E-state index contributed by atoms with van der Waals surface area (Å²) < 4.78 is 11.3. The van der Waals surface area contributed by atoms with Gasteiger partial charge in [0.15, 0.2) is 0 Å². The molecule has 0 unspecified atom stereocenters. The Kier molecular flexibility index (Phi) is 5.96. The molecule has 7 heteroatoms. The van der Waals surface area contributed by atoms with Gasteiger partial charge in [-0.2, -0.15) is 0 Å². The van der Waals surface area contributed by atoms with Gasteiger partial charge in [0.25, 0.3) is 0 Å². The molecule has 0 bridgehead atoms. The molecule has 0 spiro atoms. The van der Waals surface area contributed by atoms with Crippen molar-refractivity contribution in [3.05, 3.63) is 0 Å². The smallest absolute Gasteiger partial charge is 0.225 e. The maximum atomic E-state index is 12.6. The minimum atomic E-state index is -0.0813. The van der Waals surface area contributed by atoms with E-state index in [9.17, 15) is 9.59 Å². The fourth-order valence-electron chi connectivity index (χ4n) is 4.49. The Morgan fingerprint density at radius 1 is 1.20 bits per heavy atom. The molecule has 3 rings (SSSR count). The Balaban J connectivity index is 1.60. The summed E-state index contributed by atoms with van der Waals surface area (Å²) in [5.41, 5.74) is 0. The zero-order chi connectivity index (χ0) is 18.0. The number of likely N-dealkylation sites (tertiary alicyclic amines) is 1. The number of nitrogens with one attached hydrogen (secondary N) is 1. The van der Waals surface area contributed by atoms with Gasteiger partial charge in [0.1, 0.15) is 0 Å². The molecular weight excluding hydrogens is 322 g/mol. The Morgan fingerprint density at radius 2 is 1.92 bits per heavy atom. The molecule has 7 nitrogen and oxygen atoms in total. The second-order valence-electron chi connectivity index (χ2n) is 7.84. The van der Waals surface area contributed by atoms with Crippen LogP contribution >= 0.6 is 0 Å². The third-order valence-corrected chi connectivity index (χ3v) is 5.62. The second-order valence-corrected chi connectivity index (χ2v) is 7.84. The van der Waals surface area contributed by atoms with E-state index in [1.54, 1.807) is 0 Å². The molecule has 3 fully saturated rings. The number of carbonyl (C=O) groups excluding carboxylic acids is 2. The Morgan fingerprint density at radius 3 is 2.60 bits per heavy atom. The molecule has 142 valence electrons. The number of carbonyl (C=O) groups is 2. The molecule has 0 aromatic carbocycles. The van der Waals surface area contributed by atoms with Crippen molar-refractivity contribution >= 4 is 11.8 Å². The first kappa shape index (κ1) is 18.6. The predicted octanol–water partition coefficient (Wildman–Crippen LogP) is 0.0952. The summed E-state index contributed by atoms with van der Waals surface area (Å²) in [4.78, 5) is 29.0. The first-order chi connectivity index (χ1) is 12.0. The van der Waals surface area contributed by atoms with Crippen molar-refractivity contribution in [2.24, 2.45) is 11.8 Å². The number of likely N-dealkylation sites (N-methyl/N-ethyl adjacent to an activating group) is 1. The van der Waals surface area contributed by atoms with Crippen LogP contribution in [0.25, 0.3) is 0 Å². The molecule has 25 heavy (non-hydrogen) atoms. The highest BCUT2D eigenvalue weighted by atomic mass is 16.5. The molecule has 3 saturated heterocycles. The van der Waals surface area contributed by atoms with Gasteiger partial charge in [0.05, 0.1) is 32.3 Å². The highest BCUT2D eigenvalue weighted by molar-refractivity contribution is 5.77. The molecule has 2 amide bonds. The van der Waals surface area contributed by atoms with Crippen molar-refractivity contribution in [3.63, 3.8) is 0 Å². The van der Waals surface area contributed by atoms with Crippen molar-refractivity contribution in [2.45, 2.75) is 44.9 Å². The Bertz CT molecular complexity index is 493. The molecule has 3 aliphatic heterocycles. The number of hydrogen-bond donors (Lipinski definition) is 1. The molecule has 0 aromatic heterocycles. The van der Waals surface area contributed by atoms with Crippen LogP contribution in [0.2, 0.25) is 0 Å². The topological polar surface area (TPSA) is 71.1 Å². The molecule has 0 radical (unpaired) electrons. The molecule has 3 aliphatic rings. The van der Waals surface area contributed by atoms with Crippen LogP contribution < -0.4 is 5.32 Å². The van der Waals surface area contributed by atoms with Crippen molar-refractivity contribution < 1.29 is 19.1 Å². The van der Waals surface area contributed by atoms with Gasteiger partial charge < -0.3 is 24.6 Å². The second kappa shape index (κ2) is 8.01. The summed E-state index contributed by atoms with van der Waals surface area (Å²) in [7, 11) is 2.09. The number of fused-ring (bicyclic) bond motifs is 1. The summed E-state index contributed by atoms with van der Waals surface area (Å²) in [5, 5.41) is 2.98. The normalized spacial score (nSPS) is 32.9. The van der Waals surface area contributed by atoms with Crippen molar-refractivity contribution in [2.75, 3.05) is 46.5 Å². The van der Waals surface area contributed by atoms with Crippen LogP contribution in [0.1, 0.15) is 26.7 Å². The van der Waals surface area contributed by atoms with Gasteiger partial charge in [-0.15, -0.1) is 0 Å². The first-order valence-corrected chi connectivity index (χ1v) is 9.42. The largest absolute Gasteiger partial charge is 0.378 e. The quantitative estimate of drug-likeness (QED) is 0.759. The van der Waals surface area contributed by atoms with Gasteiger partial charge in [-0.3, -0.25) is 9.59 Å². The summed E-state index contributed by atoms with van der Waals surface area (Å²) in [6, 6.07) is 0.472. The van der Waals surface area contributed by atoms with Crippen molar-refractivity contribution in [1.82, 2.24) is 15.1 Å². The van der Waals surface area contributed by atoms with Crippen molar-refractivity contribution in [1.29, 1.82) is 0 Å². The van der Waals surface area contributed by atoms with Gasteiger partial charge in [0.2, 0.25) is 11.8 Å². The lowest BCUT2D eigenvalue weighted by Crippen LogP contribution is -2.43. The van der Waals surface area contributed by atoms with E-state index in [4.69, 9.17) is 9.47 Å². The molecule has 0 aliphatic carbocycles. The average molecular weight is 353 g/mol. The maximum absolute atomic E-state index is 12.6. The van der Waals surface area contributed by atoms with Crippen LogP contribution in [-0.2, 0) is 19.1 Å². The van der Waals surface area contributed by atoms with Crippen molar-refractivity contribution in [3.8, 4) is 0 Å². The van der Waals surface area contributed by atoms with E-state index in [-0.39, 0.29) is 35.8 Å². The lowest BCUT2D eigenvalue weighted by molar-refractivity contribution is -0.138. The van der Waals surface area contributed by atoms with Crippen LogP contribution in [-0.4, -0.2) is 86.3 Å². The predicted molar refractivity (Wildman–Crippen MR) is 93.0 cm³/mol. The molecule has 3 heterocycles. The Labute approximate surface area is 150 Å². The molecular formula is C18H31N3O4. The zero-order valence-electron chi connectivity index (χ0n) is 15.6. The molecule has 0 saturated carbocycles. The van der Waals surface area contributed by atoms with Crippen LogP contribution in [0, 0.1) is 11.8 Å². The monoisotopic (exact) mass is 353 g/mol. The third-order valence-electron chi connectivity index (χ3n) is 5.62. The minimum Gasteiger partial charge on any atom is -0.378 e. The number of rotatable bonds is 5. The van der Waals surface area contributed by atoms with E-state index in [2.05, 4.69) is 17.3 Å². The van der Waals surface area contributed by atoms with Crippen LogP contribution in [0.5, 0.6) is 0 Å². The maximum Gasteiger partial charge on any atom is 0.225 e. The van der Waals surface area contributed by atoms with Crippen LogP contribution in [0.4, 0.5) is 0 Å². The fraction of sp³-hybridized carbons (Fsp3) is 0.889. The minimum absolute atomic E-state index is 0.0813. The van der Waals surface area contributed by atoms with Gasteiger partial charge in [-0.1, -0.05) is 0 Å². The highest BCUT2D eigenvalue weighted by Crippen LogP contribution is 2.40. The molecule has 4 atom stereocenters. The third kappa shape index (κ3) is 4.33. The number of amides is 2. The number of hydrogen-bond acceptors (Lipinski definition) is 5. The average Bonchev–Trinajstić information content (AvgIpc) is 3.10. The standard InChI is InChI=1S/C18H31N3O4/c1-12(2)19-16(22)8-13-10-20(3)14-11-25-15(18(13)14)9-17(23)21-4-6-24-7-5-21/h12-15,18H,4-11H2,1-3H3,(H,19,22)/t13-,14-,15+,18-/m1/s1. The fourth-order valence-corrected chi connectivity index (χ4v) is 4.49. The summed E-state index contributed by atoms with van der Waals surface area (Å²) in [5.74, 6) is 0.750. The lowest BCUT2D eigenvalue weighted by atomic mass is 9.84. The van der Waals surface area contributed by atoms with E-state index in [0.29, 0.717) is 51.8 Å². The van der Waals surface area contributed by atoms with Crippen LogP contribution in [0.3, 0.4) is 0 Å². The van der Waals surface area contributed by atoms with E-state index in [1.165, 1.54) is 0 Å². The van der Waals surface area contributed by atoms with Gasteiger partial charge >= 0.3 is 0 Å². The summed E-state index contributed by atoms with van der Waals surface area (Å²) >= 11 is 0. The van der Waals surface area contributed by atoms with E-state index in [1.807, 2.05) is 18.7 Å². The van der Waals surface area contributed by atoms with Crippen LogP contribution in [0.15, 0.2) is 0 Å². The highest BCUT2D eigenvalue weighted by Gasteiger charge is 2.50. The Hall–Kier alpha value is -1.18. The van der Waals surface area contributed by atoms with Gasteiger partial charge in [0, 0.05) is 44.1 Å². The van der Waals surface area contributed by atoms with E-state index in [0.717, 1.165) is 6.54 Å². The molecule has 0 aromatic rings. The SMILES string of the molecule is CC(C)NC(=O)C[C@@H]1CN(C)[C@@H]2CO[C@@H](CC(=O)N3CCOCC3)[C@H]12. The van der Waals surface area contributed by atoms with E-state index >= 15 is 0 Å². The number of nitrogens with zero attached hydrogens (tertiary/aromatic N) is 2. The van der Waals surface area contributed by atoms with E-state index < -0.39 is 0 Å². The number of ether oxygens (including phenoxy) is 2. The number of morpholine rings is 1. The summed E-state index contributed by atoms with van der Waals surface area (Å²) in [6.45, 7) is 8.07. The lowest BCUT2D eigenvalue weighted by Gasteiger charge is -2.29. The summed E-state index contributed by atoms with van der Waals surface area (Å²) in [6.07, 6.45) is 0.842. The zero-order valence-corrected chi connectivity index (χ0v) is 15.6. The van der Waals surface area contributed by atoms with Gasteiger partial charge in [-0.25, -0.2) is 0 Å². The molecule has 1 N–H and O–H groups in total.